The van der Waals surface area contributed by atoms with Crippen LogP contribution in [0.15, 0.2) is 77.7 Å². The van der Waals surface area contributed by atoms with Crippen LogP contribution >= 0.6 is 0 Å². The van der Waals surface area contributed by atoms with Crippen LogP contribution in [0.3, 0.4) is 0 Å². The number of carbonyl (C=O) groups excluding carboxylic acids is 2. The molecule has 4 rings (SSSR count). The van der Waals surface area contributed by atoms with Gasteiger partial charge in [0.25, 0.3) is 10.0 Å². The van der Waals surface area contributed by atoms with Gasteiger partial charge in [-0.05, 0) is 73.7 Å². The van der Waals surface area contributed by atoms with Crippen molar-refractivity contribution in [1.29, 1.82) is 0 Å². The quantitative estimate of drug-likeness (QED) is 0.272. The predicted molar refractivity (Wildman–Crippen MR) is 171 cm³/mol. The maximum atomic E-state index is 14.4. The van der Waals surface area contributed by atoms with Crippen molar-refractivity contribution in [2.24, 2.45) is 0 Å². The molecule has 1 aliphatic rings. The van der Waals surface area contributed by atoms with Gasteiger partial charge in [-0.3, -0.25) is 13.9 Å². The van der Waals surface area contributed by atoms with Crippen LogP contribution in [-0.4, -0.2) is 58.0 Å². The van der Waals surface area contributed by atoms with E-state index in [1.807, 2.05) is 38.1 Å². The van der Waals surface area contributed by atoms with Crippen LogP contribution in [0, 0.1) is 6.92 Å². The van der Waals surface area contributed by atoms with Gasteiger partial charge in [-0.15, -0.1) is 0 Å². The fourth-order valence-corrected chi connectivity index (χ4v) is 7.08. The van der Waals surface area contributed by atoms with Crippen molar-refractivity contribution in [2.45, 2.75) is 75.9 Å². The molecule has 0 bridgehead atoms. The predicted octanol–water partition coefficient (Wildman–Crippen LogP) is 5.46. The van der Waals surface area contributed by atoms with Crippen molar-refractivity contribution in [2.75, 3.05) is 25.1 Å². The van der Waals surface area contributed by atoms with Crippen molar-refractivity contribution in [3.8, 4) is 11.5 Å². The van der Waals surface area contributed by atoms with Crippen LogP contribution in [0.5, 0.6) is 11.5 Å². The molecule has 0 heterocycles. The fraction of sp³-hybridized carbons (Fsp3) is 0.412. The van der Waals surface area contributed by atoms with E-state index in [-0.39, 0.29) is 29.1 Å². The number of hydrogen-bond acceptors (Lipinski definition) is 6. The lowest BCUT2D eigenvalue weighted by Gasteiger charge is -2.35. The molecule has 9 nitrogen and oxygen atoms in total. The first-order valence-corrected chi connectivity index (χ1v) is 16.6. The number of nitrogens with zero attached hydrogens (tertiary/aromatic N) is 2. The molecule has 1 aliphatic carbocycles. The Morgan fingerprint density at radius 3 is 2.20 bits per heavy atom. The number of sulfonamides is 1. The van der Waals surface area contributed by atoms with Gasteiger partial charge in [-0.25, -0.2) is 8.42 Å². The summed E-state index contributed by atoms with van der Waals surface area (Å²) in [6.45, 7) is 3.45. The summed E-state index contributed by atoms with van der Waals surface area (Å²) < 4.78 is 40.2. The summed E-state index contributed by atoms with van der Waals surface area (Å²) in [6.07, 6.45) is 5.47. The first-order valence-electron chi connectivity index (χ1n) is 15.1. The molecule has 2 amide bonds. The first-order chi connectivity index (χ1) is 21.2. The number of ether oxygens (including phenoxy) is 2. The van der Waals surface area contributed by atoms with Gasteiger partial charge in [0.15, 0.2) is 0 Å². The van der Waals surface area contributed by atoms with E-state index in [2.05, 4.69) is 5.32 Å². The van der Waals surface area contributed by atoms with E-state index in [4.69, 9.17) is 9.47 Å². The lowest BCUT2D eigenvalue weighted by Crippen LogP contribution is -2.54. The molecule has 0 aliphatic heterocycles. The minimum Gasteiger partial charge on any atom is -0.497 e. The zero-order valence-electron chi connectivity index (χ0n) is 26.0. The van der Waals surface area contributed by atoms with Crippen LogP contribution in [-0.2, 0) is 26.2 Å². The Kier molecular flexibility index (Phi) is 11.3. The molecule has 0 radical (unpaired) electrons. The van der Waals surface area contributed by atoms with E-state index >= 15 is 0 Å². The Hall–Kier alpha value is -4.05. The summed E-state index contributed by atoms with van der Waals surface area (Å²) in [7, 11) is -1.30. The zero-order chi connectivity index (χ0) is 31.7. The lowest BCUT2D eigenvalue weighted by molar-refractivity contribution is -0.140. The van der Waals surface area contributed by atoms with Crippen LogP contribution in [0.4, 0.5) is 5.69 Å². The van der Waals surface area contributed by atoms with Crippen LogP contribution < -0.4 is 19.1 Å². The Morgan fingerprint density at radius 1 is 0.909 bits per heavy atom. The SMILES string of the molecule is CCC(C(=O)NC1CCCCC1)N(Cc1ccccc1C)C(=O)CN(c1ccccc1OC)S(=O)(=O)c1ccc(OC)cc1. The molecule has 3 aromatic carbocycles. The fourth-order valence-electron chi connectivity index (χ4n) is 5.66. The molecule has 10 heteroatoms. The third-order valence-corrected chi connectivity index (χ3v) is 9.99. The van der Waals surface area contributed by atoms with Crippen molar-refractivity contribution < 1.29 is 27.5 Å². The number of hydrogen-bond donors (Lipinski definition) is 1. The average molecular weight is 622 g/mol. The van der Waals surface area contributed by atoms with E-state index in [9.17, 15) is 18.0 Å². The number of benzene rings is 3. The van der Waals surface area contributed by atoms with Crippen molar-refractivity contribution in [3.05, 3.63) is 83.9 Å². The van der Waals surface area contributed by atoms with Gasteiger partial charge >= 0.3 is 0 Å². The average Bonchev–Trinajstić information content (AvgIpc) is 3.04. The highest BCUT2D eigenvalue weighted by molar-refractivity contribution is 7.92. The highest BCUT2D eigenvalue weighted by Gasteiger charge is 2.35. The molecule has 0 aromatic heterocycles. The number of amides is 2. The Balaban J connectivity index is 1.74. The van der Waals surface area contributed by atoms with Gasteiger partial charge < -0.3 is 19.7 Å². The summed E-state index contributed by atoms with van der Waals surface area (Å²) in [5, 5.41) is 3.18. The number of nitrogens with one attached hydrogen (secondary N) is 1. The van der Waals surface area contributed by atoms with Gasteiger partial charge in [0.2, 0.25) is 11.8 Å². The van der Waals surface area contributed by atoms with Gasteiger partial charge in [-0.1, -0.05) is 62.6 Å². The smallest absolute Gasteiger partial charge is 0.264 e. The summed E-state index contributed by atoms with van der Waals surface area (Å²) >= 11 is 0. The highest BCUT2D eigenvalue weighted by Crippen LogP contribution is 2.33. The molecule has 44 heavy (non-hydrogen) atoms. The van der Waals surface area contributed by atoms with E-state index in [0.29, 0.717) is 17.9 Å². The summed E-state index contributed by atoms with van der Waals surface area (Å²) in [5.74, 6) is 0.0815. The molecule has 1 N–H and O–H groups in total. The van der Waals surface area contributed by atoms with E-state index in [1.54, 1.807) is 36.4 Å². The third-order valence-electron chi connectivity index (χ3n) is 8.22. The van der Waals surface area contributed by atoms with Crippen LogP contribution in [0.2, 0.25) is 0 Å². The third kappa shape index (κ3) is 7.72. The highest BCUT2D eigenvalue weighted by atomic mass is 32.2. The first kappa shape index (κ1) is 32.9. The second-order valence-corrected chi connectivity index (χ2v) is 12.9. The number of methoxy groups -OCH3 is 2. The zero-order valence-corrected chi connectivity index (χ0v) is 26.8. The molecule has 1 unspecified atom stereocenters. The molecular formula is C34H43N3O6S. The number of aryl methyl sites for hydroxylation is 1. The molecule has 236 valence electrons. The van der Waals surface area contributed by atoms with Gasteiger partial charge in [0.1, 0.15) is 24.1 Å². The standard InChI is InChI=1S/C34H43N3O6S/c1-5-30(34(39)35-27-15-7-6-8-16-27)36(23-26-14-10-9-13-25(26)2)33(38)24-37(31-17-11-12-18-32(31)43-4)44(40,41)29-21-19-28(42-3)20-22-29/h9-14,17-22,27,30H,5-8,15-16,23-24H2,1-4H3,(H,35,39). The largest absolute Gasteiger partial charge is 0.497 e. The summed E-state index contributed by atoms with van der Waals surface area (Å²) in [4.78, 5) is 29.6. The minimum absolute atomic E-state index is 0.00968. The number of carbonyl (C=O) groups is 2. The summed E-state index contributed by atoms with van der Waals surface area (Å²) in [5.41, 5.74) is 2.07. The Bertz CT molecular complexity index is 1520. The normalized spacial score (nSPS) is 14.4. The summed E-state index contributed by atoms with van der Waals surface area (Å²) in [6, 6.07) is 19.7. The Morgan fingerprint density at radius 2 is 1.57 bits per heavy atom. The molecule has 0 spiro atoms. The number of para-hydroxylation sites is 2. The maximum absolute atomic E-state index is 14.4. The van der Waals surface area contributed by atoms with Crippen LogP contribution in [0.1, 0.15) is 56.6 Å². The lowest BCUT2D eigenvalue weighted by atomic mass is 9.95. The molecule has 1 atom stereocenters. The number of rotatable bonds is 13. The second-order valence-electron chi connectivity index (χ2n) is 11.1. The van der Waals surface area contributed by atoms with E-state index in [1.165, 1.54) is 31.3 Å². The Labute approximate surface area is 261 Å². The topological polar surface area (TPSA) is 105 Å². The van der Waals surface area contributed by atoms with E-state index in [0.717, 1.165) is 47.5 Å². The van der Waals surface area contributed by atoms with E-state index < -0.39 is 28.5 Å². The molecule has 0 saturated heterocycles. The monoisotopic (exact) mass is 621 g/mol. The van der Waals surface area contributed by atoms with Crippen molar-refractivity contribution >= 4 is 27.5 Å². The van der Waals surface area contributed by atoms with Gasteiger partial charge in [-0.2, -0.15) is 0 Å². The van der Waals surface area contributed by atoms with Gasteiger partial charge in [0, 0.05) is 12.6 Å². The van der Waals surface area contributed by atoms with Gasteiger partial charge in [0.05, 0.1) is 24.8 Å². The number of anilines is 1. The second kappa shape index (κ2) is 15.1. The molecular weight excluding hydrogens is 578 g/mol. The maximum Gasteiger partial charge on any atom is 0.264 e. The molecule has 3 aromatic rings. The minimum atomic E-state index is -4.25. The molecule has 1 fully saturated rings. The van der Waals surface area contributed by atoms with Crippen LogP contribution in [0.25, 0.3) is 0 Å². The van der Waals surface area contributed by atoms with Crippen molar-refractivity contribution in [3.63, 3.8) is 0 Å². The van der Waals surface area contributed by atoms with Crippen molar-refractivity contribution in [1.82, 2.24) is 10.2 Å². The molecule has 1 saturated carbocycles.